The van der Waals surface area contributed by atoms with E-state index in [9.17, 15) is 4.79 Å². The Kier molecular flexibility index (Phi) is 4.07. The second-order valence-corrected chi connectivity index (χ2v) is 6.54. The summed E-state index contributed by atoms with van der Waals surface area (Å²) >= 11 is 3.58. The first-order chi connectivity index (χ1) is 10.2. The standard InChI is InChI=1S/C15H10INO3S/c1-19-15(18)13-6-11-12(7-17-8-14(11)21-13)20-10-4-2-9(16)3-5-10/h2-8H,1H3. The van der Waals surface area contributed by atoms with Gasteiger partial charge in [-0.1, -0.05) is 0 Å². The highest BCUT2D eigenvalue weighted by molar-refractivity contribution is 14.1. The van der Waals surface area contributed by atoms with Gasteiger partial charge in [0, 0.05) is 15.2 Å². The molecule has 0 aliphatic rings. The largest absolute Gasteiger partial charge is 0.465 e. The van der Waals surface area contributed by atoms with Gasteiger partial charge >= 0.3 is 5.97 Å². The predicted octanol–water partition coefficient (Wildman–Crippen LogP) is 4.48. The Morgan fingerprint density at radius 2 is 2.00 bits per heavy atom. The minimum absolute atomic E-state index is 0.351. The van der Waals surface area contributed by atoms with E-state index in [-0.39, 0.29) is 5.97 Å². The lowest BCUT2D eigenvalue weighted by atomic mass is 10.3. The molecule has 0 fully saturated rings. The van der Waals surface area contributed by atoms with E-state index in [1.165, 1.54) is 18.4 Å². The lowest BCUT2D eigenvalue weighted by molar-refractivity contribution is 0.0606. The van der Waals surface area contributed by atoms with Gasteiger partial charge in [-0.15, -0.1) is 11.3 Å². The molecule has 106 valence electrons. The average Bonchev–Trinajstić information content (AvgIpc) is 2.94. The van der Waals surface area contributed by atoms with Crippen molar-refractivity contribution in [3.05, 3.63) is 51.2 Å². The van der Waals surface area contributed by atoms with Crippen molar-refractivity contribution >= 4 is 50.0 Å². The van der Waals surface area contributed by atoms with Gasteiger partial charge in [-0.25, -0.2) is 4.79 Å². The van der Waals surface area contributed by atoms with Crippen molar-refractivity contribution in [2.24, 2.45) is 0 Å². The first kappa shape index (κ1) is 14.3. The minimum Gasteiger partial charge on any atom is -0.465 e. The van der Waals surface area contributed by atoms with Crippen molar-refractivity contribution in [2.45, 2.75) is 0 Å². The number of thiophene rings is 1. The molecule has 0 unspecified atom stereocenters. The van der Waals surface area contributed by atoms with Crippen LogP contribution in [0.2, 0.25) is 0 Å². The van der Waals surface area contributed by atoms with Crippen LogP contribution in [0.3, 0.4) is 0 Å². The summed E-state index contributed by atoms with van der Waals surface area (Å²) in [6, 6.07) is 9.51. The third kappa shape index (κ3) is 3.01. The molecule has 0 amide bonds. The van der Waals surface area contributed by atoms with Crippen LogP contribution in [0.5, 0.6) is 11.5 Å². The van der Waals surface area contributed by atoms with Crippen LogP contribution in [0.15, 0.2) is 42.7 Å². The van der Waals surface area contributed by atoms with E-state index in [1.807, 2.05) is 24.3 Å². The first-order valence-electron chi connectivity index (χ1n) is 6.06. The Labute approximate surface area is 138 Å². The van der Waals surface area contributed by atoms with Gasteiger partial charge in [-0.05, 0) is 52.9 Å². The topological polar surface area (TPSA) is 48.4 Å². The van der Waals surface area contributed by atoms with E-state index in [4.69, 9.17) is 9.47 Å². The lowest BCUT2D eigenvalue weighted by Crippen LogP contribution is -1.96. The number of carbonyl (C=O) groups excluding carboxylic acids is 1. The number of benzene rings is 1. The SMILES string of the molecule is COC(=O)c1cc2c(Oc3ccc(I)cc3)cncc2s1. The second kappa shape index (κ2) is 5.98. The van der Waals surface area contributed by atoms with Crippen LogP contribution in [0, 0.1) is 3.57 Å². The van der Waals surface area contributed by atoms with Crippen molar-refractivity contribution < 1.29 is 14.3 Å². The summed E-state index contributed by atoms with van der Waals surface area (Å²) in [6.45, 7) is 0. The third-order valence-corrected chi connectivity index (χ3v) is 4.61. The molecule has 21 heavy (non-hydrogen) atoms. The van der Waals surface area contributed by atoms with Crippen LogP contribution < -0.4 is 4.74 Å². The van der Waals surface area contributed by atoms with Crippen molar-refractivity contribution in [2.75, 3.05) is 7.11 Å². The van der Waals surface area contributed by atoms with Gasteiger partial charge in [0.25, 0.3) is 0 Å². The summed E-state index contributed by atoms with van der Waals surface area (Å²) in [5.41, 5.74) is 0. The Hall–Kier alpha value is -1.67. The molecule has 0 bridgehead atoms. The summed E-state index contributed by atoms with van der Waals surface area (Å²) in [6.07, 6.45) is 3.36. The van der Waals surface area contributed by atoms with Gasteiger partial charge in [0.2, 0.25) is 0 Å². The number of pyridine rings is 1. The van der Waals surface area contributed by atoms with Gasteiger partial charge in [-0.3, -0.25) is 4.98 Å². The van der Waals surface area contributed by atoms with Crippen LogP contribution in [0.4, 0.5) is 0 Å². The molecule has 0 atom stereocenters. The smallest absolute Gasteiger partial charge is 0.348 e. The Morgan fingerprint density at radius 1 is 1.24 bits per heavy atom. The van der Waals surface area contributed by atoms with Gasteiger partial charge < -0.3 is 9.47 Å². The van der Waals surface area contributed by atoms with E-state index in [1.54, 1.807) is 18.5 Å². The molecule has 2 heterocycles. The van der Waals surface area contributed by atoms with Crippen LogP contribution >= 0.6 is 33.9 Å². The lowest BCUT2D eigenvalue weighted by Gasteiger charge is -2.06. The van der Waals surface area contributed by atoms with E-state index in [0.29, 0.717) is 10.6 Å². The molecule has 0 spiro atoms. The van der Waals surface area contributed by atoms with E-state index in [0.717, 1.165) is 19.4 Å². The maximum absolute atomic E-state index is 11.6. The number of methoxy groups -OCH3 is 1. The molecule has 4 nitrogen and oxygen atoms in total. The fourth-order valence-corrected chi connectivity index (χ4v) is 3.17. The molecule has 0 N–H and O–H groups in total. The molecule has 3 aromatic rings. The fourth-order valence-electron chi connectivity index (χ4n) is 1.85. The zero-order valence-electron chi connectivity index (χ0n) is 11.0. The average molecular weight is 411 g/mol. The number of carbonyl (C=O) groups is 1. The van der Waals surface area contributed by atoms with Crippen molar-refractivity contribution in [1.82, 2.24) is 4.98 Å². The Morgan fingerprint density at radius 3 is 2.71 bits per heavy atom. The van der Waals surface area contributed by atoms with Crippen molar-refractivity contribution in [3.8, 4) is 11.5 Å². The molecule has 3 rings (SSSR count). The van der Waals surface area contributed by atoms with Crippen LogP contribution in [0.25, 0.3) is 10.1 Å². The minimum atomic E-state index is -0.351. The summed E-state index contributed by atoms with van der Waals surface area (Å²) < 4.78 is 12.6. The number of aromatic nitrogens is 1. The number of nitrogens with zero attached hydrogens (tertiary/aromatic N) is 1. The molecule has 1 aromatic carbocycles. The molecule has 0 aliphatic heterocycles. The summed E-state index contributed by atoms with van der Waals surface area (Å²) in [5.74, 6) is 1.01. The highest BCUT2D eigenvalue weighted by atomic mass is 127. The number of hydrogen-bond acceptors (Lipinski definition) is 5. The molecular weight excluding hydrogens is 401 g/mol. The molecule has 6 heteroatoms. The molecular formula is C15H10INO3S. The van der Waals surface area contributed by atoms with E-state index >= 15 is 0 Å². The zero-order chi connectivity index (χ0) is 14.8. The number of esters is 1. The summed E-state index contributed by atoms with van der Waals surface area (Å²) in [5, 5.41) is 0.856. The van der Waals surface area contributed by atoms with E-state index in [2.05, 4.69) is 27.6 Å². The van der Waals surface area contributed by atoms with E-state index < -0.39 is 0 Å². The molecule has 0 aliphatic carbocycles. The maximum atomic E-state index is 11.6. The fraction of sp³-hybridized carbons (Fsp3) is 0.0667. The molecule has 0 saturated heterocycles. The first-order valence-corrected chi connectivity index (χ1v) is 7.96. The van der Waals surface area contributed by atoms with Gasteiger partial charge in [0.15, 0.2) is 5.75 Å². The van der Waals surface area contributed by atoms with Crippen LogP contribution in [-0.4, -0.2) is 18.1 Å². The Bertz CT molecular complexity index is 798. The summed E-state index contributed by atoms with van der Waals surface area (Å²) in [4.78, 5) is 16.3. The number of ether oxygens (including phenoxy) is 2. The molecule has 2 aromatic heterocycles. The van der Waals surface area contributed by atoms with Crippen LogP contribution in [-0.2, 0) is 4.74 Å². The predicted molar refractivity (Wildman–Crippen MR) is 90.2 cm³/mol. The Balaban J connectivity index is 2.00. The number of fused-ring (bicyclic) bond motifs is 1. The number of rotatable bonds is 3. The zero-order valence-corrected chi connectivity index (χ0v) is 14.0. The highest BCUT2D eigenvalue weighted by Gasteiger charge is 2.14. The maximum Gasteiger partial charge on any atom is 0.348 e. The highest BCUT2D eigenvalue weighted by Crippen LogP contribution is 2.34. The number of hydrogen-bond donors (Lipinski definition) is 0. The normalized spacial score (nSPS) is 10.6. The monoisotopic (exact) mass is 411 g/mol. The molecule has 0 saturated carbocycles. The van der Waals surface area contributed by atoms with Crippen molar-refractivity contribution in [1.29, 1.82) is 0 Å². The number of halogens is 1. The van der Waals surface area contributed by atoms with Crippen molar-refractivity contribution in [3.63, 3.8) is 0 Å². The summed E-state index contributed by atoms with van der Waals surface area (Å²) in [7, 11) is 1.37. The second-order valence-electron chi connectivity index (χ2n) is 4.21. The van der Waals surface area contributed by atoms with Gasteiger partial charge in [0.1, 0.15) is 10.6 Å². The van der Waals surface area contributed by atoms with Crippen LogP contribution in [0.1, 0.15) is 9.67 Å². The van der Waals surface area contributed by atoms with Gasteiger partial charge in [-0.2, -0.15) is 0 Å². The molecule has 0 radical (unpaired) electrons. The quantitative estimate of drug-likeness (QED) is 0.471. The third-order valence-electron chi connectivity index (χ3n) is 2.84. The van der Waals surface area contributed by atoms with Gasteiger partial charge in [0.05, 0.1) is 18.0 Å².